The molecule has 23 heavy (non-hydrogen) atoms. The first-order valence-corrected chi connectivity index (χ1v) is 6.98. The predicted octanol–water partition coefficient (Wildman–Crippen LogP) is 2.95. The van der Waals surface area contributed by atoms with Gasteiger partial charge in [-0.1, -0.05) is 6.92 Å². The molecule has 5 nitrogen and oxygen atoms in total. The van der Waals surface area contributed by atoms with E-state index < -0.39 is 41.5 Å². The summed E-state index contributed by atoms with van der Waals surface area (Å²) in [5.41, 5.74) is -2.13. The molecular formula is C14H21F4NO4. The number of carbonyl (C=O) groups excluding carboxylic acids is 1. The molecule has 2 aliphatic carbocycles. The average molecular weight is 343 g/mol. The molecule has 0 spiro atoms. The van der Waals surface area contributed by atoms with E-state index >= 15 is 0 Å². The van der Waals surface area contributed by atoms with Crippen molar-refractivity contribution in [1.82, 2.24) is 5.06 Å². The molecule has 0 atom stereocenters. The Bertz CT molecular complexity index is 479. The Morgan fingerprint density at radius 2 is 1.30 bits per heavy atom. The minimum Gasteiger partial charge on any atom is -0.481 e. The first-order valence-electron chi connectivity index (χ1n) is 6.98. The fourth-order valence-corrected chi connectivity index (χ4v) is 2.95. The summed E-state index contributed by atoms with van der Waals surface area (Å²) in [5.74, 6) is -6.94. The molecule has 0 aliphatic heterocycles. The van der Waals surface area contributed by atoms with Crippen LogP contribution < -0.4 is 0 Å². The molecule has 1 N–H and O–H groups in total. The van der Waals surface area contributed by atoms with Crippen LogP contribution in [0.2, 0.25) is 0 Å². The molecule has 0 aromatic heterocycles. The molecule has 2 saturated carbocycles. The van der Waals surface area contributed by atoms with E-state index in [2.05, 4.69) is 4.84 Å². The highest BCUT2D eigenvalue weighted by atomic mass is 19.3. The van der Waals surface area contributed by atoms with Crippen LogP contribution in [0, 0.1) is 10.8 Å². The zero-order chi connectivity index (χ0) is 18.3. The van der Waals surface area contributed by atoms with E-state index in [1.165, 1.54) is 28.0 Å². The van der Waals surface area contributed by atoms with Gasteiger partial charge >= 0.3 is 5.97 Å². The number of nitrogens with zero attached hydrogens (tertiary/aromatic N) is 1. The van der Waals surface area contributed by atoms with E-state index in [4.69, 9.17) is 5.11 Å². The largest absolute Gasteiger partial charge is 0.481 e. The predicted molar refractivity (Wildman–Crippen MR) is 72.0 cm³/mol. The van der Waals surface area contributed by atoms with E-state index in [-0.39, 0.29) is 18.7 Å². The minimum atomic E-state index is -2.74. The molecular weight excluding hydrogens is 322 g/mol. The van der Waals surface area contributed by atoms with Gasteiger partial charge in [-0.05, 0) is 6.92 Å². The van der Waals surface area contributed by atoms with Crippen LogP contribution in [0.25, 0.3) is 0 Å². The van der Waals surface area contributed by atoms with E-state index in [1.807, 2.05) is 0 Å². The van der Waals surface area contributed by atoms with Crippen LogP contribution in [0.1, 0.15) is 39.5 Å². The second-order valence-electron chi connectivity index (χ2n) is 6.83. The zero-order valence-corrected chi connectivity index (χ0v) is 13.5. The van der Waals surface area contributed by atoms with Crippen molar-refractivity contribution in [2.24, 2.45) is 10.8 Å². The Kier molecular flexibility index (Phi) is 5.06. The fourth-order valence-electron chi connectivity index (χ4n) is 2.95. The van der Waals surface area contributed by atoms with Crippen molar-refractivity contribution in [2.75, 3.05) is 14.2 Å². The summed E-state index contributed by atoms with van der Waals surface area (Å²) < 4.78 is 49.4. The van der Waals surface area contributed by atoms with Crippen molar-refractivity contribution in [3.63, 3.8) is 0 Å². The van der Waals surface area contributed by atoms with Gasteiger partial charge in [-0.3, -0.25) is 14.4 Å². The molecule has 0 radical (unpaired) electrons. The van der Waals surface area contributed by atoms with Gasteiger partial charge in [0, 0.05) is 32.7 Å². The van der Waals surface area contributed by atoms with Gasteiger partial charge in [0.1, 0.15) is 0 Å². The first kappa shape index (κ1) is 19.7. The van der Waals surface area contributed by atoms with Crippen molar-refractivity contribution in [1.29, 1.82) is 0 Å². The van der Waals surface area contributed by atoms with Gasteiger partial charge in [-0.2, -0.15) is 0 Å². The molecule has 0 aromatic rings. The van der Waals surface area contributed by atoms with Crippen LogP contribution in [0.5, 0.6) is 0 Å². The normalized spacial score (nSPS) is 25.0. The highest BCUT2D eigenvalue weighted by Crippen LogP contribution is 2.52. The van der Waals surface area contributed by atoms with Crippen LogP contribution in [0.3, 0.4) is 0 Å². The topological polar surface area (TPSA) is 66.8 Å². The lowest BCUT2D eigenvalue weighted by molar-refractivity contribution is -0.210. The summed E-state index contributed by atoms with van der Waals surface area (Å²) in [6, 6.07) is 0. The van der Waals surface area contributed by atoms with E-state index in [9.17, 15) is 27.2 Å². The standard InChI is InChI=1S/C8H13F2NO2.C6H8F2O2/c1-7(4-8(9,10)5-7)6(12)11(2)13-3;1-5(4(9)10)2-6(7,8)3-5/h4-5H2,1-3H3;2-3H2,1H3,(H,9,10). The summed E-state index contributed by atoms with van der Waals surface area (Å²) in [4.78, 5) is 26.3. The van der Waals surface area contributed by atoms with E-state index in [0.29, 0.717) is 0 Å². The van der Waals surface area contributed by atoms with Crippen LogP contribution in [-0.2, 0) is 14.4 Å². The Labute approximate surface area is 131 Å². The smallest absolute Gasteiger partial charge is 0.309 e. The van der Waals surface area contributed by atoms with Crippen molar-refractivity contribution in [3.05, 3.63) is 0 Å². The highest BCUT2D eigenvalue weighted by Gasteiger charge is 2.59. The summed E-state index contributed by atoms with van der Waals surface area (Å²) in [6.45, 7) is 2.87. The van der Waals surface area contributed by atoms with Crippen LogP contribution in [0.15, 0.2) is 0 Å². The summed E-state index contributed by atoms with van der Waals surface area (Å²) in [6.07, 6.45) is -1.80. The molecule has 0 saturated heterocycles. The molecule has 9 heteroatoms. The molecule has 1 amide bonds. The van der Waals surface area contributed by atoms with Crippen LogP contribution in [0.4, 0.5) is 17.6 Å². The van der Waals surface area contributed by atoms with Crippen LogP contribution >= 0.6 is 0 Å². The van der Waals surface area contributed by atoms with Gasteiger partial charge in [-0.15, -0.1) is 0 Å². The Morgan fingerprint density at radius 3 is 1.52 bits per heavy atom. The Balaban J connectivity index is 0.000000238. The zero-order valence-electron chi connectivity index (χ0n) is 13.5. The number of hydrogen-bond donors (Lipinski definition) is 1. The number of amides is 1. The van der Waals surface area contributed by atoms with E-state index in [1.54, 1.807) is 0 Å². The summed E-state index contributed by atoms with van der Waals surface area (Å²) in [7, 11) is 2.75. The maximum atomic E-state index is 12.5. The maximum Gasteiger partial charge on any atom is 0.309 e. The number of halogens is 4. The first-order chi connectivity index (χ1) is 10.2. The van der Waals surface area contributed by atoms with Gasteiger partial charge in [0.2, 0.25) is 11.8 Å². The Morgan fingerprint density at radius 1 is 0.957 bits per heavy atom. The number of aliphatic carboxylic acids is 1. The lowest BCUT2D eigenvalue weighted by Gasteiger charge is -2.44. The van der Waals surface area contributed by atoms with Crippen molar-refractivity contribution < 1.29 is 37.1 Å². The van der Waals surface area contributed by atoms with Crippen molar-refractivity contribution >= 4 is 11.9 Å². The van der Waals surface area contributed by atoms with Crippen LogP contribution in [-0.4, -0.2) is 48.0 Å². The number of hydroxylamine groups is 2. The third-order valence-corrected chi connectivity index (χ3v) is 4.19. The fraction of sp³-hybridized carbons (Fsp3) is 0.857. The lowest BCUT2D eigenvalue weighted by Crippen LogP contribution is -2.53. The lowest BCUT2D eigenvalue weighted by atomic mass is 9.67. The molecule has 0 unspecified atom stereocenters. The Hall–Kier alpha value is -1.38. The number of alkyl halides is 4. The number of carboxylic acids is 1. The molecule has 2 rings (SSSR count). The number of rotatable bonds is 3. The highest BCUT2D eigenvalue weighted by molar-refractivity contribution is 5.82. The second kappa shape index (κ2) is 5.92. The average Bonchev–Trinajstić information content (AvgIpc) is 2.32. The van der Waals surface area contributed by atoms with Gasteiger partial charge in [0.05, 0.1) is 17.9 Å². The van der Waals surface area contributed by atoms with Gasteiger partial charge in [-0.25, -0.2) is 22.6 Å². The van der Waals surface area contributed by atoms with Crippen molar-refractivity contribution in [3.8, 4) is 0 Å². The van der Waals surface area contributed by atoms with Crippen molar-refractivity contribution in [2.45, 2.75) is 51.4 Å². The third kappa shape index (κ3) is 4.33. The van der Waals surface area contributed by atoms with Gasteiger partial charge < -0.3 is 5.11 Å². The SMILES string of the molecule is CC1(C(=O)O)CC(F)(F)C1.CON(C)C(=O)C1(C)CC(F)(F)C1. The van der Waals surface area contributed by atoms with Gasteiger partial charge in [0.25, 0.3) is 5.91 Å². The molecule has 0 aromatic carbocycles. The second-order valence-corrected chi connectivity index (χ2v) is 6.83. The third-order valence-electron chi connectivity index (χ3n) is 4.19. The number of hydrogen-bond acceptors (Lipinski definition) is 3. The molecule has 134 valence electrons. The quantitative estimate of drug-likeness (QED) is 0.632. The summed E-state index contributed by atoms with van der Waals surface area (Å²) >= 11 is 0. The molecule has 2 aliphatic rings. The monoisotopic (exact) mass is 343 g/mol. The number of carboxylic acid groups (broad SMARTS) is 1. The molecule has 0 bridgehead atoms. The van der Waals surface area contributed by atoms with Gasteiger partial charge in [0.15, 0.2) is 0 Å². The summed E-state index contributed by atoms with van der Waals surface area (Å²) in [5, 5.41) is 9.39. The number of carbonyl (C=O) groups is 2. The minimum absolute atomic E-state index is 0.382. The maximum absolute atomic E-state index is 12.5. The molecule has 2 fully saturated rings. The molecule has 0 heterocycles. The van der Waals surface area contributed by atoms with E-state index in [0.717, 1.165) is 5.06 Å².